The van der Waals surface area contributed by atoms with Gasteiger partial charge in [-0.05, 0) is 48.6 Å². The zero-order valence-electron chi connectivity index (χ0n) is 15.7. The highest BCUT2D eigenvalue weighted by molar-refractivity contribution is 7.99. The first kappa shape index (κ1) is 19.5. The summed E-state index contributed by atoms with van der Waals surface area (Å²) < 4.78 is 21.1. The summed E-state index contributed by atoms with van der Waals surface area (Å²) in [5, 5.41) is 12.1. The molecule has 3 aromatic rings. The first-order chi connectivity index (χ1) is 13.8. The summed E-state index contributed by atoms with van der Waals surface area (Å²) in [6, 6.07) is 10.9. The van der Waals surface area contributed by atoms with Crippen LogP contribution in [0.15, 0.2) is 46.9 Å². The van der Waals surface area contributed by atoms with Crippen molar-refractivity contribution < 1.29 is 9.13 Å². The predicted octanol–water partition coefficient (Wildman–Crippen LogP) is 5.75. The predicted molar refractivity (Wildman–Crippen MR) is 112 cm³/mol. The van der Waals surface area contributed by atoms with Gasteiger partial charge in [0.2, 0.25) is 0 Å². The average Bonchev–Trinajstić information content (AvgIpc) is 3.38. The molecule has 0 N–H and O–H groups in total. The molecule has 28 heavy (non-hydrogen) atoms. The number of ether oxygens (including phenoxy) is 1. The van der Waals surface area contributed by atoms with Crippen molar-refractivity contribution in [3.63, 3.8) is 0 Å². The first-order valence-corrected chi connectivity index (χ1v) is 11.6. The van der Waals surface area contributed by atoms with Crippen molar-refractivity contribution in [2.45, 2.75) is 49.7 Å². The van der Waals surface area contributed by atoms with E-state index in [0.717, 1.165) is 23.2 Å². The van der Waals surface area contributed by atoms with E-state index in [0.29, 0.717) is 18.4 Å². The largest absolute Gasteiger partial charge is 0.493 e. The van der Waals surface area contributed by atoms with E-state index in [4.69, 9.17) is 4.74 Å². The van der Waals surface area contributed by atoms with Crippen LogP contribution in [0.4, 0.5) is 4.39 Å². The van der Waals surface area contributed by atoms with E-state index in [1.807, 2.05) is 0 Å². The number of halogens is 1. The van der Waals surface area contributed by atoms with Crippen molar-refractivity contribution in [2.75, 3.05) is 12.4 Å². The fraction of sp³-hybridized carbons (Fsp3) is 0.429. The summed E-state index contributed by atoms with van der Waals surface area (Å²) in [5.41, 5.74) is 0. The van der Waals surface area contributed by atoms with E-state index in [9.17, 15) is 4.39 Å². The van der Waals surface area contributed by atoms with Gasteiger partial charge in [-0.1, -0.05) is 37.1 Å². The molecule has 0 saturated heterocycles. The Bertz CT molecular complexity index is 858. The number of thioether (sulfide) groups is 1. The van der Waals surface area contributed by atoms with Gasteiger partial charge in [-0.25, -0.2) is 4.39 Å². The lowest BCUT2D eigenvalue weighted by molar-refractivity contribution is 0.329. The summed E-state index contributed by atoms with van der Waals surface area (Å²) in [5.74, 6) is 2.28. The van der Waals surface area contributed by atoms with Crippen molar-refractivity contribution in [3.8, 4) is 5.75 Å². The van der Waals surface area contributed by atoms with Crippen LogP contribution in [0.2, 0.25) is 0 Å². The Morgan fingerprint density at radius 2 is 1.93 bits per heavy atom. The lowest BCUT2D eigenvalue weighted by Crippen LogP contribution is -2.17. The molecule has 4 rings (SSSR count). The maximum absolute atomic E-state index is 13.0. The minimum Gasteiger partial charge on any atom is -0.493 e. The third-order valence-electron chi connectivity index (χ3n) is 4.98. The smallest absolute Gasteiger partial charge is 0.191 e. The molecule has 148 valence electrons. The van der Waals surface area contributed by atoms with E-state index in [1.54, 1.807) is 35.2 Å². The highest BCUT2D eigenvalue weighted by Gasteiger charge is 2.23. The highest BCUT2D eigenvalue weighted by atomic mass is 32.2. The topological polar surface area (TPSA) is 39.9 Å². The molecule has 7 heteroatoms. The second-order valence-electron chi connectivity index (χ2n) is 6.97. The molecule has 0 amide bonds. The van der Waals surface area contributed by atoms with E-state index in [-0.39, 0.29) is 5.82 Å². The Kier molecular flexibility index (Phi) is 6.65. The van der Waals surface area contributed by atoms with Gasteiger partial charge in [0.15, 0.2) is 5.16 Å². The highest BCUT2D eigenvalue weighted by Crippen LogP contribution is 2.33. The molecule has 1 aromatic carbocycles. The number of rotatable bonds is 8. The van der Waals surface area contributed by atoms with Crippen LogP contribution in [0.3, 0.4) is 0 Å². The minimum atomic E-state index is -0.249. The van der Waals surface area contributed by atoms with Gasteiger partial charge >= 0.3 is 0 Å². The normalized spacial score (nSPS) is 15.0. The lowest BCUT2D eigenvalue weighted by Gasteiger charge is -2.25. The Morgan fingerprint density at radius 1 is 1.11 bits per heavy atom. The molecule has 0 aliphatic heterocycles. The number of thiophene rings is 1. The molecule has 0 spiro atoms. The number of aromatic nitrogens is 3. The number of hydrogen-bond donors (Lipinski definition) is 0. The van der Waals surface area contributed by atoms with Crippen LogP contribution < -0.4 is 4.74 Å². The zero-order chi connectivity index (χ0) is 19.2. The van der Waals surface area contributed by atoms with Gasteiger partial charge in [-0.2, -0.15) is 0 Å². The molecule has 2 aromatic heterocycles. The fourth-order valence-corrected chi connectivity index (χ4v) is 5.17. The van der Waals surface area contributed by atoms with Crippen LogP contribution in [0.25, 0.3) is 0 Å². The van der Waals surface area contributed by atoms with Gasteiger partial charge in [0, 0.05) is 23.1 Å². The molecular formula is C21H24FN3OS2. The molecule has 1 fully saturated rings. The third-order valence-corrected chi connectivity index (χ3v) is 6.77. The molecule has 2 heterocycles. The molecule has 1 aliphatic rings. The van der Waals surface area contributed by atoms with Gasteiger partial charge in [-0.15, -0.1) is 21.5 Å². The Morgan fingerprint density at radius 3 is 2.68 bits per heavy atom. The average molecular weight is 418 g/mol. The Hall–Kier alpha value is -1.86. The van der Waals surface area contributed by atoms with Crippen LogP contribution in [0.5, 0.6) is 5.75 Å². The van der Waals surface area contributed by atoms with Gasteiger partial charge in [0.25, 0.3) is 0 Å². The summed E-state index contributed by atoms with van der Waals surface area (Å²) in [7, 11) is 0. The second-order valence-corrected chi connectivity index (χ2v) is 9.06. The van der Waals surface area contributed by atoms with Crippen LogP contribution in [0.1, 0.15) is 48.8 Å². The van der Waals surface area contributed by atoms with Crippen molar-refractivity contribution in [3.05, 3.63) is 58.3 Å². The summed E-state index contributed by atoms with van der Waals surface area (Å²) >= 11 is 3.46. The van der Waals surface area contributed by atoms with E-state index in [1.165, 1.54) is 49.1 Å². The van der Waals surface area contributed by atoms with Crippen molar-refractivity contribution >= 4 is 23.1 Å². The SMILES string of the molecule is Fc1ccc(OCCSc2nnc(Cc3cccs3)n2C2CCCCC2)cc1. The van der Waals surface area contributed by atoms with Crippen molar-refractivity contribution in [1.29, 1.82) is 0 Å². The fourth-order valence-electron chi connectivity index (χ4n) is 3.62. The first-order valence-electron chi connectivity index (χ1n) is 9.77. The number of nitrogens with zero attached hydrogens (tertiary/aromatic N) is 3. The summed E-state index contributed by atoms with van der Waals surface area (Å²) in [6.45, 7) is 0.550. The molecule has 0 radical (unpaired) electrons. The standard InChI is InChI=1S/C21H24FN3OS2/c22-16-8-10-18(11-9-16)26-12-14-28-21-24-23-20(15-19-7-4-13-27-19)25(21)17-5-2-1-3-6-17/h4,7-11,13,17H,1-3,5-6,12,14-15H2. The molecule has 4 nitrogen and oxygen atoms in total. The zero-order valence-corrected chi connectivity index (χ0v) is 17.4. The minimum absolute atomic E-state index is 0.249. The summed E-state index contributed by atoms with van der Waals surface area (Å²) in [4.78, 5) is 1.32. The molecule has 1 saturated carbocycles. The third kappa shape index (κ3) is 4.94. The molecule has 1 aliphatic carbocycles. The Labute approximate surface area is 173 Å². The lowest BCUT2D eigenvalue weighted by atomic mass is 9.95. The molecule has 0 unspecified atom stereocenters. The van der Waals surface area contributed by atoms with E-state index in [2.05, 4.69) is 32.3 Å². The van der Waals surface area contributed by atoms with E-state index >= 15 is 0 Å². The number of hydrogen-bond acceptors (Lipinski definition) is 5. The maximum Gasteiger partial charge on any atom is 0.191 e. The van der Waals surface area contributed by atoms with Gasteiger partial charge in [0.1, 0.15) is 17.4 Å². The Balaban J connectivity index is 1.41. The van der Waals surface area contributed by atoms with Gasteiger partial charge in [0.05, 0.1) is 6.61 Å². The van der Waals surface area contributed by atoms with E-state index < -0.39 is 0 Å². The van der Waals surface area contributed by atoms with Crippen LogP contribution in [-0.2, 0) is 6.42 Å². The molecular weight excluding hydrogens is 393 g/mol. The van der Waals surface area contributed by atoms with Gasteiger partial charge in [-0.3, -0.25) is 0 Å². The molecule has 0 atom stereocenters. The second kappa shape index (κ2) is 9.56. The van der Waals surface area contributed by atoms with Crippen LogP contribution >= 0.6 is 23.1 Å². The quantitative estimate of drug-likeness (QED) is 0.346. The van der Waals surface area contributed by atoms with Crippen LogP contribution in [-0.4, -0.2) is 27.1 Å². The summed E-state index contributed by atoms with van der Waals surface area (Å²) in [6.07, 6.45) is 7.13. The number of benzene rings is 1. The maximum atomic E-state index is 13.0. The van der Waals surface area contributed by atoms with Crippen molar-refractivity contribution in [2.24, 2.45) is 0 Å². The van der Waals surface area contributed by atoms with Crippen LogP contribution in [0, 0.1) is 5.82 Å². The van der Waals surface area contributed by atoms with Crippen molar-refractivity contribution in [1.82, 2.24) is 14.8 Å². The van der Waals surface area contributed by atoms with Gasteiger partial charge < -0.3 is 9.30 Å². The molecule has 0 bridgehead atoms. The monoisotopic (exact) mass is 417 g/mol.